The first-order valence-corrected chi connectivity index (χ1v) is 6.84. The summed E-state index contributed by atoms with van der Waals surface area (Å²) < 4.78 is 23.7. The van der Waals surface area contributed by atoms with Crippen molar-refractivity contribution in [3.63, 3.8) is 0 Å². The van der Waals surface area contributed by atoms with E-state index < -0.39 is 16.5 Å². The molecule has 7 nitrogen and oxygen atoms in total. The van der Waals surface area contributed by atoms with Crippen LogP contribution in [0.15, 0.2) is 21.5 Å². The van der Waals surface area contributed by atoms with E-state index >= 15 is 0 Å². The first kappa shape index (κ1) is 17.4. The summed E-state index contributed by atoms with van der Waals surface area (Å²) in [5.74, 6) is 0.0115. The molecule has 0 radical (unpaired) electrons. The second-order valence-corrected chi connectivity index (χ2v) is 4.59. The van der Waals surface area contributed by atoms with Gasteiger partial charge in [0, 0.05) is 0 Å². The topological polar surface area (TPSA) is 101 Å². The lowest BCUT2D eigenvalue weighted by atomic mass is 10.3. The van der Waals surface area contributed by atoms with Crippen LogP contribution in [0.1, 0.15) is 18.3 Å². The summed E-state index contributed by atoms with van der Waals surface area (Å²) in [4.78, 5) is 18.8. The molecule has 1 heterocycles. The van der Waals surface area contributed by atoms with E-state index in [4.69, 9.17) is 0 Å². The largest absolute Gasteiger partial charge is 0.362 e. The molecule has 1 rings (SSSR count). The highest BCUT2D eigenvalue weighted by Crippen LogP contribution is 2.18. The molecule has 0 unspecified atom stereocenters. The molecule has 0 aliphatic rings. The Morgan fingerprint density at radius 3 is 2.16 bits per heavy atom. The highest BCUT2D eigenvalue weighted by Gasteiger charge is 2.08. The predicted molar refractivity (Wildman–Crippen MR) is 75.4 cm³/mol. The smallest absolute Gasteiger partial charge is 0.273 e. The number of nitrogens with zero attached hydrogens (tertiary/aromatic N) is 3. The van der Waals surface area contributed by atoms with E-state index in [0.717, 1.165) is 4.47 Å². The number of anilines is 1. The van der Waals surface area contributed by atoms with Gasteiger partial charge < -0.3 is 0 Å². The summed E-state index contributed by atoms with van der Waals surface area (Å²) in [5.41, 5.74) is 1.26. The molecule has 0 aliphatic carbocycles. The molecular formula is C10H13BrN4O3S. The van der Waals surface area contributed by atoms with Crippen molar-refractivity contribution in [3.8, 4) is 0 Å². The van der Waals surface area contributed by atoms with Crippen molar-refractivity contribution < 1.29 is 13.2 Å². The van der Waals surface area contributed by atoms with Gasteiger partial charge in [0.15, 0.2) is 0 Å². The van der Waals surface area contributed by atoms with Crippen molar-refractivity contribution in [1.29, 1.82) is 0 Å². The zero-order chi connectivity index (χ0) is 15.0. The Labute approximate surface area is 121 Å². The van der Waals surface area contributed by atoms with Crippen LogP contribution in [0.25, 0.3) is 0 Å². The maximum atomic E-state index is 11.0. The zero-order valence-electron chi connectivity index (χ0n) is 10.6. The summed E-state index contributed by atoms with van der Waals surface area (Å²) in [7, 11) is -2.79. The van der Waals surface area contributed by atoms with Crippen molar-refractivity contribution in [2.75, 3.05) is 5.32 Å². The second kappa shape index (κ2) is 8.48. The number of hydrogen-bond acceptors (Lipinski definition) is 5. The minimum atomic E-state index is -2.79. The molecule has 0 spiro atoms. The molecule has 104 valence electrons. The lowest BCUT2D eigenvalue weighted by molar-refractivity contribution is 0.259. The minimum Gasteiger partial charge on any atom is -0.273 e. The van der Waals surface area contributed by atoms with Gasteiger partial charge in [0.2, 0.25) is 5.95 Å². The lowest BCUT2D eigenvalue weighted by Gasteiger charge is -2.04. The van der Waals surface area contributed by atoms with Gasteiger partial charge in [0.25, 0.3) is 0 Å². The van der Waals surface area contributed by atoms with Crippen LogP contribution in [-0.4, -0.2) is 24.4 Å². The molecule has 0 atom stereocenters. The van der Waals surface area contributed by atoms with Crippen molar-refractivity contribution in [1.82, 2.24) is 9.97 Å². The molecule has 0 saturated carbocycles. The highest BCUT2D eigenvalue weighted by atomic mass is 79.9. The number of aromatic nitrogens is 2. The summed E-state index contributed by atoms with van der Waals surface area (Å²) >= 11 is 3.26. The van der Waals surface area contributed by atoms with E-state index in [9.17, 15) is 13.2 Å². The van der Waals surface area contributed by atoms with Gasteiger partial charge in [-0.1, -0.05) is 10.4 Å². The lowest BCUT2D eigenvalue weighted by Crippen LogP contribution is -2.10. The van der Waals surface area contributed by atoms with E-state index in [1.54, 1.807) is 19.9 Å². The standard InChI is InChI=1S/C7H7BrN4O3S.C3H6/c1-3-5(8)4(2)10-6(9-3)11-7(13)12-16(14)15;1-3-2/h1-2H3,(H,9,10,11,13);3H,1H2,2H3. The van der Waals surface area contributed by atoms with Gasteiger partial charge in [-0.25, -0.2) is 14.8 Å². The SMILES string of the molecule is C=CC.Cc1nc(NC(=O)N=S(=O)=O)nc(C)c1Br. The fourth-order valence-corrected chi connectivity index (χ4v) is 1.30. The third-order valence-corrected chi connectivity index (χ3v) is 3.02. The van der Waals surface area contributed by atoms with Gasteiger partial charge in [-0.15, -0.1) is 6.58 Å². The van der Waals surface area contributed by atoms with Gasteiger partial charge in [-0.05, 0) is 36.7 Å². The highest BCUT2D eigenvalue weighted by molar-refractivity contribution is 9.10. The van der Waals surface area contributed by atoms with Gasteiger partial charge in [0.05, 0.1) is 15.9 Å². The number of urea groups is 1. The molecule has 1 aromatic rings. The fourth-order valence-electron chi connectivity index (χ4n) is 0.945. The minimum absolute atomic E-state index is 0.0115. The second-order valence-electron chi connectivity index (χ2n) is 3.18. The number of halogens is 1. The number of rotatable bonds is 1. The fraction of sp³-hybridized carbons (Fsp3) is 0.300. The van der Waals surface area contributed by atoms with E-state index in [2.05, 4.69) is 42.2 Å². The molecule has 19 heavy (non-hydrogen) atoms. The normalized spacial score (nSPS) is 8.84. The molecule has 0 aromatic carbocycles. The summed E-state index contributed by atoms with van der Waals surface area (Å²) in [6.07, 6.45) is 1.75. The number of carbonyl (C=O) groups excluding carboxylic acids is 1. The van der Waals surface area contributed by atoms with E-state index in [-0.39, 0.29) is 5.95 Å². The summed E-state index contributed by atoms with van der Waals surface area (Å²) in [6.45, 7) is 8.69. The molecule has 9 heteroatoms. The number of aryl methyl sites for hydroxylation is 2. The maximum Gasteiger partial charge on any atom is 0.362 e. The third-order valence-electron chi connectivity index (χ3n) is 1.56. The average molecular weight is 349 g/mol. The Balaban J connectivity index is 0.000000982. The van der Waals surface area contributed by atoms with Crippen LogP contribution in [0.4, 0.5) is 10.7 Å². The van der Waals surface area contributed by atoms with Crippen molar-refractivity contribution in [2.24, 2.45) is 4.36 Å². The van der Waals surface area contributed by atoms with E-state index in [0.29, 0.717) is 11.4 Å². The Morgan fingerprint density at radius 2 is 1.79 bits per heavy atom. The number of nitrogens with one attached hydrogen (secondary N) is 1. The quantitative estimate of drug-likeness (QED) is 0.786. The molecular weight excluding hydrogens is 336 g/mol. The molecule has 1 N–H and O–H groups in total. The maximum absolute atomic E-state index is 11.0. The number of allylic oxidation sites excluding steroid dienone is 1. The Morgan fingerprint density at radius 1 is 1.37 bits per heavy atom. The average Bonchev–Trinajstić information content (AvgIpc) is 2.25. The van der Waals surface area contributed by atoms with E-state index in [1.807, 2.05) is 6.92 Å². The van der Waals surface area contributed by atoms with Crippen LogP contribution in [0.3, 0.4) is 0 Å². The van der Waals surface area contributed by atoms with Gasteiger partial charge in [0.1, 0.15) is 0 Å². The molecule has 2 amide bonds. The first-order chi connectivity index (χ1) is 8.81. The van der Waals surface area contributed by atoms with Gasteiger partial charge in [-0.2, -0.15) is 8.42 Å². The molecule has 0 saturated heterocycles. The van der Waals surface area contributed by atoms with Crippen molar-refractivity contribution in [3.05, 3.63) is 28.5 Å². The zero-order valence-corrected chi connectivity index (χ0v) is 13.0. The number of carbonyl (C=O) groups is 1. The summed E-state index contributed by atoms with van der Waals surface area (Å²) in [6, 6.07) is -1.03. The van der Waals surface area contributed by atoms with Gasteiger partial charge in [-0.3, -0.25) is 5.32 Å². The molecule has 1 aromatic heterocycles. The summed E-state index contributed by atoms with van der Waals surface area (Å²) in [5, 5.41) is 2.14. The predicted octanol–water partition coefficient (Wildman–Crippen LogP) is 2.64. The first-order valence-electron chi connectivity index (χ1n) is 5.01. The molecule has 0 fully saturated rings. The van der Waals surface area contributed by atoms with Crippen LogP contribution in [0.5, 0.6) is 0 Å². The van der Waals surface area contributed by atoms with Crippen LogP contribution in [-0.2, 0) is 10.5 Å². The number of amides is 2. The third kappa shape index (κ3) is 6.77. The Hall–Kier alpha value is -1.61. The van der Waals surface area contributed by atoms with Gasteiger partial charge >= 0.3 is 16.5 Å². The van der Waals surface area contributed by atoms with Crippen LogP contribution in [0, 0.1) is 13.8 Å². The van der Waals surface area contributed by atoms with Crippen molar-refractivity contribution in [2.45, 2.75) is 20.8 Å². The van der Waals surface area contributed by atoms with Crippen molar-refractivity contribution >= 4 is 38.4 Å². The van der Waals surface area contributed by atoms with Crippen LogP contribution >= 0.6 is 15.9 Å². The van der Waals surface area contributed by atoms with Crippen LogP contribution < -0.4 is 5.32 Å². The Bertz CT molecular complexity index is 582. The Kier molecular flexibility index (Phi) is 7.77. The van der Waals surface area contributed by atoms with Crippen LogP contribution in [0.2, 0.25) is 0 Å². The number of hydrogen-bond donors (Lipinski definition) is 1. The molecule has 0 bridgehead atoms. The molecule has 0 aliphatic heterocycles. The van der Waals surface area contributed by atoms with E-state index in [1.165, 1.54) is 0 Å². The monoisotopic (exact) mass is 348 g/mol.